The Morgan fingerprint density at radius 1 is 0.914 bits per heavy atom. The molecule has 2 aliphatic heterocycles. The second-order valence-corrected chi connectivity index (χ2v) is 21.4. The van der Waals surface area contributed by atoms with Crippen molar-refractivity contribution in [3.8, 4) is 0 Å². The Balaban J connectivity index is 1.32. The number of nitrogens with zero attached hydrogens (tertiary/aromatic N) is 3. The average Bonchev–Trinajstić information content (AvgIpc) is 3.68. The van der Waals surface area contributed by atoms with Crippen LogP contribution in [0.5, 0.6) is 0 Å². The Kier molecular flexibility index (Phi) is 8.94. The smallest absolute Gasteiger partial charge is 0.303 e. The van der Waals surface area contributed by atoms with E-state index in [0.717, 1.165) is 38.5 Å². The van der Waals surface area contributed by atoms with Crippen LogP contribution in [-0.2, 0) is 34.2 Å². The van der Waals surface area contributed by atoms with E-state index in [1.807, 2.05) is 20.8 Å². The molecular weight excluding hydrogens is 755 g/mol. The number of ketones is 2. The van der Waals surface area contributed by atoms with Crippen LogP contribution >= 0.6 is 0 Å². The summed E-state index contributed by atoms with van der Waals surface area (Å²) in [5.41, 5.74) is -3.64. The molecule has 6 aliphatic rings. The van der Waals surface area contributed by atoms with Gasteiger partial charge in [-0.25, -0.2) is 4.72 Å². The van der Waals surface area contributed by atoms with Gasteiger partial charge in [0.25, 0.3) is 0 Å². The molecule has 3 amide bonds. The summed E-state index contributed by atoms with van der Waals surface area (Å²) in [6.45, 7) is -4.60. The van der Waals surface area contributed by atoms with Gasteiger partial charge in [-0.1, -0.05) is 94.3 Å². The van der Waals surface area contributed by atoms with E-state index in [-0.39, 0.29) is 54.8 Å². The van der Waals surface area contributed by atoms with Gasteiger partial charge in [-0.2, -0.15) is 12.7 Å². The van der Waals surface area contributed by atoms with Crippen LogP contribution in [0.15, 0.2) is 0 Å². The van der Waals surface area contributed by atoms with E-state index in [0.29, 0.717) is 32.2 Å². The van der Waals surface area contributed by atoms with Gasteiger partial charge in [-0.05, 0) is 92.5 Å². The molecule has 6 fully saturated rings. The van der Waals surface area contributed by atoms with E-state index in [1.165, 1.54) is 16.7 Å². The number of carbonyl (C=O) groups is 5. The Morgan fingerprint density at radius 2 is 1.59 bits per heavy atom. The maximum Gasteiger partial charge on any atom is 0.303 e. The minimum atomic E-state index is -5.96. The second-order valence-electron chi connectivity index (χ2n) is 19.9. The number of likely N-dealkylation sites (tertiary alicyclic amines) is 2. The van der Waals surface area contributed by atoms with Crippen molar-refractivity contribution in [2.24, 2.45) is 44.8 Å². The Morgan fingerprint density at radius 3 is 2.12 bits per heavy atom. The lowest BCUT2D eigenvalue weighted by Gasteiger charge is -2.37. The predicted molar refractivity (Wildman–Crippen MR) is 224 cm³/mol. The van der Waals surface area contributed by atoms with Crippen LogP contribution in [0.2, 0.25) is 0 Å². The van der Waals surface area contributed by atoms with E-state index in [2.05, 4.69) is 19.2 Å². The second kappa shape index (κ2) is 16.5. The predicted octanol–water partition coefficient (Wildman–Crippen LogP) is 6.03. The molecule has 328 valence electrons. The maximum absolute atomic E-state index is 15.5. The van der Waals surface area contributed by atoms with Crippen molar-refractivity contribution in [1.29, 1.82) is 0 Å². The molecule has 2 N–H and O–H groups in total. The first-order chi connectivity index (χ1) is 31.7. The van der Waals surface area contributed by atoms with Gasteiger partial charge in [-0.15, -0.1) is 0 Å². The van der Waals surface area contributed by atoms with E-state index < -0.39 is 124 Å². The van der Waals surface area contributed by atoms with Crippen molar-refractivity contribution in [1.82, 2.24) is 24.1 Å². The van der Waals surface area contributed by atoms with Crippen LogP contribution < -0.4 is 10.0 Å². The number of likely N-dealkylation sites (N-methyl/N-ethyl adjacent to an activating group) is 1. The lowest BCUT2D eigenvalue weighted by Crippen LogP contribution is -2.54. The fraction of sp³-hybridized carbons (Fsp3) is 0.889. The molecule has 0 aromatic carbocycles. The minimum absolute atomic E-state index is 0.0506. The number of carbonyl (C=O) groups excluding carboxylic acids is 5. The summed E-state index contributed by atoms with van der Waals surface area (Å²) in [6, 6.07) is -2.83. The standard InChI is InChI=1S/C45H75N5O7S/c1-10-31-26-43(31,40(55)47-58(56,57)49(12-3)13-4)28-36(52)34-27-45(42(8,9)44(45)22-18-23-44)29-50(34)39(54)32(41(5,6)7)25-35(51)37(30-19-15-14-16-20-30)46-38(53)33-21-17-24-48(33)11-2/h30-34,37H,10-29H2,1-9H3,(H,46,53)(H,47,55)/t31-,32-,33+,34+,37+,43-,45-/m1/s1/i3D3,4D3,11D2,12D2,13D2. The number of fused-ring (bicyclic) bond motifs is 1. The molecule has 4 saturated carbocycles. The van der Waals surface area contributed by atoms with Crippen molar-refractivity contribution in [3.05, 3.63) is 0 Å². The van der Waals surface area contributed by atoms with Gasteiger partial charge in [0, 0.05) is 60.2 Å². The molecule has 2 saturated heterocycles. The lowest BCUT2D eigenvalue weighted by molar-refractivity contribution is -0.147. The van der Waals surface area contributed by atoms with E-state index >= 15 is 9.59 Å². The SMILES string of the molecule is [2H]C([2H])(C)N1CCC[C@H]1C(=O)N[C@H](C(=O)C[C@H](C(=O)N1C[C@]2(C[C@H]1C(=O)C[C@]1(C(=O)NS(=O)(=O)N(C([2H])([2H])C([2H])([2H])[2H])C([2H])([2H])C([2H])([2H])[2H])C[C@H]1CC)C(C)(C)C21CCC1)C(C)(C)C)C1CCCCC1. The van der Waals surface area contributed by atoms with Crippen molar-refractivity contribution in [3.63, 3.8) is 0 Å². The molecular formula is C45H75N5O7S. The summed E-state index contributed by atoms with van der Waals surface area (Å²) in [7, 11) is -5.96. The fourth-order valence-corrected chi connectivity index (χ4v) is 13.0. The maximum atomic E-state index is 15.5. The zero-order chi connectivity index (χ0) is 53.0. The summed E-state index contributed by atoms with van der Waals surface area (Å²) in [6.07, 6.45) is 7.36. The summed E-state index contributed by atoms with van der Waals surface area (Å²) < 4.78 is 124. The highest BCUT2D eigenvalue weighted by Gasteiger charge is 2.85. The first-order valence-electron chi connectivity index (χ1n) is 27.5. The number of hydrogen-bond acceptors (Lipinski definition) is 8. The van der Waals surface area contributed by atoms with E-state index in [4.69, 9.17) is 16.4 Å². The number of rotatable bonds is 17. The van der Waals surface area contributed by atoms with Crippen LogP contribution in [0, 0.1) is 44.8 Å². The quantitative estimate of drug-likeness (QED) is 0.180. The van der Waals surface area contributed by atoms with Crippen LogP contribution in [0.25, 0.3) is 0 Å². The highest BCUT2D eigenvalue weighted by atomic mass is 32.2. The van der Waals surface area contributed by atoms with Crippen molar-refractivity contribution in [2.45, 2.75) is 177 Å². The van der Waals surface area contributed by atoms with Gasteiger partial charge in [-0.3, -0.25) is 28.9 Å². The van der Waals surface area contributed by atoms with Gasteiger partial charge in [0.15, 0.2) is 11.6 Å². The lowest BCUT2D eigenvalue weighted by atomic mass is 9.73. The van der Waals surface area contributed by atoms with Gasteiger partial charge in [0.1, 0.15) is 0 Å². The molecule has 0 aromatic rings. The van der Waals surface area contributed by atoms with Crippen LogP contribution in [0.4, 0.5) is 0 Å². The Labute approximate surface area is 366 Å². The van der Waals surface area contributed by atoms with Crippen LogP contribution in [0.3, 0.4) is 0 Å². The molecule has 4 aliphatic carbocycles. The molecule has 7 atom stereocenters. The number of Topliss-reactive ketones (excluding diaryl/α,β-unsaturated/α-hetero) is 2. The first-order valence-corrected chi connectivity index (χ1v) is 23.0. The largest absolute Gasteiger partial charge is 0.345 e. The van der Waals surface area contributed by atoms with E-state index in [1.54, 1.807) is 11.6 Å². The number of amides is 3. The summed E-state index contributed by atoms with van der Waals surface area (Å²) in [4.78, 5) is 76.8. The van der Waals surface area contributed by atoms with Crippen LogP contribution in [0.1, 0.15) is 175 Å². The first kappa shape index (κ1) is 31.5. The monoisotopic (exact) mass is 842 g/mol. The normalized spacial score (nSPS) is 35.8. The Bertz CT molecular complexity index is 2160. The number of hydrogen-bond donors (Lipinski definition) is 2. The molecule has 12 nitrogen and oxygen atoms in total. The minimum Gasteiger partial charge on any atom is -0.345 e. The molecule has 58 heavy (non-hydrogen) atoms. The average molecular weight is 842 g/mol. The van der Waals surface area contributed by atoms with E-state index in [9.17, 15) is 22.8 Å². The molecule has 0 unspecified atom stereocenters. The molecule has 0 aromatic heterocycles. The van der Waals surface area contributed by atoms with Gasteiger partial charge in [0.2, 0.25) is 17.7 Å². The highest BCUT2D eigenvalue weighted by molar-refractivity contribution is 7.87. The zero-order valence-electron chi connectivity index (χ0n) is 47.6. The summed E-state index contributed by atoms with van der Waals surface area (Å²) >= 11 is 0. The third kappa shape index (κ3) is 7.62. The summed E-state index contributed by atoms with van der Waals surface area (Å²) in [5, 5.41) is 3.03. The van der Waals surface area contributed by atoms with Crippen LogP contribution in [-0.4, -0.2) is 103 Å². The number of nitrogens with one attached hydrogen (secondary N) is 2. The van der Waals surface area contributed by atoms with Crippen molar-refractivity contribution >= 4 is 39.5 Å². The van der Waals surface area contributed by atoms with Gasteiger partial charge < -0.3 is 10.2 Å². The third-order valence-electron chi connectivity index (χ3n) is 16.2. The molecule has 13 heteroatoms. The molecule has 2 heterocycles. The molecule has 0 radical (unpaired) electrons. The van der Waals surface area contributed by atoms with Crippen molar-refractivity contribution in [2.75, 3.05) is 32.6 Å². The molecule has 2 spiro atoms. The molecule has 6 rings (SSSR count). The van der Waals surface area contributed by atoms with Gasteiger partial charge in [0.05, 0.1) is 23.5 Å². The zero-order valence-corrected chi connectivity index (χ0v) is 36.4. The third-order valence-corrected chi connectivity index (χ3v) is 17.3. The topological polar surface area (TPSA) is 153 Å². The fourth-order valence-electron chi connectivity index (χ4n) is 12.2. The highest BCUT2D eigenvalue weighted by Crippen LogP contribution is 2.88. The van der Waals surface area contributed by atoms with Crippen molar-refractivity contribution < 1.29 is 48.8 Å². The van der Waals surface area contributed by atoms with Gasteiger partial charge >= 0.3 is 10.2 Å². The Hall–Kier alpha value is -2.38. The molecule has 0 bridgehead atoms. The summed E-state index contributed by atoms with van der Waals surface area (Å²) in [5.74, 6) is -4.99.